The maximum Gasteiger partial charge on any atom is 0.344 e. The van der Waals surface area contributed by atoms with Gasteiger partial charge in [0.25, 0.3) is 0 Å². The largest absolute Gasteiger partial charge is 0.480 e. The van der Waals surface area contributed by atoms with Crippen LogP contribution in [0.3, 0.4) is 0 Å². The molecule has 1 aromatic rings. The fourth-order valence-electron chi connectivity index (χ4n) is 3.11. The van der Waals surface area contributed by atoms with Crippen LogP contribution in [-0.2, 0) is 15.0 Å². The molecule has 0 aromatic heterocycles. The summed E-state index contributed by atoms with van der Waals surface area (Å²) in [4.78, 5) is 22.1. The lowest BCUT2D eigenvalue weighted by Gasteiger charge is -2.33. The monoisotopic (exact) mass is 351 g/mol. The van der Waals surface area contributed by atoms with Crippen molar-refractivity contribution in [2.24, 2.45) is 11.1 Å². The van der Waals surface area contributed by atoms with E-state index in [1.54, 1.807) is 12.1 Å². The Bertz CT molecular complexity index is 601. The van der Waals surface area contributed by atoms with Gasteiger partial charge in [0.15, 0.2) is 6.10 Å². The van der Waals surface area contributed by atoms with Crippen molar-refractivity contribution in [1.29, 1.82) is 0 Å². The quantitative estimate of drug-likeness (QED) is 0.664. The third-order valence-corrected chi connectivity index (χ3v) is 3.95. The van der Waals surface area contributed by atoms with E-state index in [-0.39, 0.29) is 17.3 Å². The molecule has 0 amide bonds. The third kappa shape index (κ3) is 6.74. The van der Waals surface area contributed by atoms with Crippen molar-refractivity contribution in [1.82, 2.24) is 0 Å². The topological polar surface area (TPSA) is 110 Å². The normalized spacial score (nSPS) is 14.6. The number of carboxylic acid groups (broad SMARTS) is 2. The maximum atomic E-state index is 11.3. The highest BCUT2D eigenvalue weighted by Crippen LogP contribution is 2.36. The molecule has 0 aliphatic rings. The van der Waals surface area contributed by atoms with Gasteiger partial charge in [-0.3, -0.25) is 4.79 Å². The summed E-state index contributed by atoms with van der Waals surface area (Å²) in [5.41, 5.74) is 6.68. The van der Waals surface area contributed by atoms with Gasteiger partial charge in [-0.2, -0.15) is 0 Å². The molecule has 6 nitrogen and oxygen atoms in total. The standard InChI is InChI=1S/C19H29NO5/c1-18(2,3)11-19(4,5)12-6-8-13(9-7-12)25-15(17(23)24)10-14(20)16(21)22/h6-9,14-15H,10-11,20H2,1-5H3,(H,21,22)(H,23,24)/t14-,15?/m0/s1. The summed E-state index contributed by atoms with van der Waals surface area (Å²) in [6, 6.07) is 5.96. The number of ether oxygens (including phenoxy) is 1. The summed E-state index contributed by atoms with van der Waals surface area (Å²) in [6.45, 7) is 10.9. The SMILES string of the molecule is CC(C)(C)CC(C)(C)c1ccc(OC(C[C@H](N)C(=O)O)C(=O)O)cc1. The van der Waals surface area contributed by atoms with E-state index >= 15 is 0 Å². The Kier molecular flexibility index (Phi) is 6.60. The van der Waals surface area contributed by atoms with Gasteiger partial charge in [-0.1, -0.05) is 46.8 Å². The molecule has 0 aliphatic carbocycles. The van der Waals surface area contributed by atoms with Crippen molar-refractivity contribution in [3.05, 3.63) is 29.8 Å². The highest BCUT2D eigenvalue weighted by Gasteiger charge is 2.28. The summed E-state index contributed by atoms with van der Waals surface area (Å²) in [5, 5.41) is 18.0. The first-order chi connectivity index (χ1) is 11.3. The van der Waals surface area contributed by atoms with E-state index in [0.29, 0.717) is 5.75 Å². The Hall–Kier alpha value is -2.08. The van der Waals surface area contributed by atoms with Crippen LogP contribution in [0.25, 0.3) is 0 Å². The Morgan fingerprint density at radius 1 is 1.04 bits per heavy atom. The van der Waals surface area contributed by atoms with Crippen LogP contribution >= 0.6 is 0 Å². The smallest absolute Gasteiger partial charge is 0.344 e. The number of benzene rings is 1. The van der Waals surface area contributed by atoms with Gasteiger partial charge in [0.2, 0.25) is 0 Å². The van der Waals surface area contributed by atoms with E-state index in [2.05, 4.69) is 34.6 Å². The van der Waals surface area contributed by atoms with Crippen LogP contribution in [-0.4, -0.2) is 34.3 Å². The first-order valence-corrected chi connectivity index (χ1v) is 8.30. The summed E-state index contributed by atoms with van der Waals surface area (Å²) in [6.07, 6.45) is -0.618. The van der Waals surface area contributed by atoms with E-state index in [9.17, 15) is 14.7 Å². The minimum Gasteiger partial charge on any atom is -0.480 e. The molecule has 1 unspecified atom stereocenters. The zero-order valence-corrected chi connectivity index (χ0v) is 15.6. The fourth-order valence-corrected chi connectivity index (χ4v) is 3.11. The molecule has 0 radical (unpaired) electrons. The first kappa shape index (κ1) is 21.0. The van der Waals surface area contributed by atoms with Crippen LogP contribution in [0.15, 0.2) is 24.3 Å². The summed E-state index contributed by atoms with van der Waals surface area (Å²) < 4.78 is 5.42. The van der Waals surface area contributed by atoms with E-state index in [1.165, 1.54) is 0 Å². The van der Waals surface area contributed by atoms with Gasteiger partial charge < -0.3 is 20.7 Å². The van der Waals surface area contributed by atoms with Gasteiger partial charge in [-0.05, 0) is 34.9 Å². The fraction of sp³-hybridized carbons (Fsp3) is 0.579. The lowest BCUT2D eigenvalue weighted by molar-refractivity contribution is -0.146. The molecule has 0 heterocycles. The number of hydrogen-bond donors (Lipinski definition) is 3. The van der Waals surface area contributed by atoms with Gasteiger partial charge in [-0.25, -0.2) is 4.79 Å². The van der Waals surface area contributed by atoms with Crippen molar-refractivity contribution in [2.75, 3.05) is 0 Å². The van der Waals surface area contributed by atoms with E-state index < -0.39 is 24.1 Å². The maximum absolute atomic E-state index is 11.3. The zero-order chi connectivity index (χ0) is 19.4. The van der Waals surface area contributed by atoms with Crippen LogP contribution < -0.4 is 10.5 Å². The number of carboxylic acids is 2. The van der Waals surface area contributed by atoms with Crippen molar-refractivity contribution in [2.45, 2.75) is 65.0 Å². The van der Waals surface area contributed by atoms with Crippen LogP contribution in [0.1, 0.15) is 53.0 Å². The Morgan fingerprint density at radius 3 is 1.96 bits per heavy atom. The molecule has 1 rings (SSSR count). The molecular weight excluding hydrogens is 322 g/mol. The summed E-state index contributed by atoms with van der Waals surface area (Å²) in [7, 11) is 0. The molecule has 1 aromatic carbocycles. The molecule has 0 fully saturated rings. The predicted molar refractivity (Wildman–Crippen MR) is 95.8 cm³/mol. The Morgan fingerprint density at radius 2 is 1.56 bits per heavy atom. The van der Waals surface area contributed by atoms with Crippen LogP contribution in [0.2, 0.25) is 0 Å². The molecule has 0 bridgehead atoms. The highest BCUT2D eigenvalue weighted by molar-refractivity contribution is 5.77. The molecule has 0 aliphatic heterocycles. The number of rotatable bonds is 8. The lowest BCUT2D eigenvalue weighted by atomic mass is 9.72. The molecule has 2 atom stereocenters. The summed E-state index contributed by atoms with van der Waals surface area (Å²) in [5.74, 6) is -2.12. The van der Waals surface area contributed by atoms with Gasteiger partial charge >= 0.3 is 11.9 Å². The average Bonchev–Trinajstić information content (AvgIpc) is 2.44. The molecule has 0 saturated carbocycles. The second-order valence-corrected chi connectivity index (χ2v) is 8.27. The van der Waals surface area contributed by atoms with E-state index in [4.69, 9.17) is 15.6 Å². The molecule has 0 spiro atoms. The highest BCUT2D eigenvalue weighted by atomic mass is 16.5. The lowest BCUT2D eigenvalue weighted by Crippen LogP contribution is -2.39. The van der Waals surface area contributed by atoms with Crippen LogP contribution in [0.5, 0.6) is 5.75 Å². The van der Waals surface area contributed by atoms with E-state index in [1.807, 2.05) is 12.1 Å². The number of carbonyl (C=O) groups is 2. The van der Waals surface area contributed by atoms with Gasteiger partial charge in [-0.15, -0.1) is 0 Å². The van der Waals surface area contributed by atoms with Gasteiger partial charge in [0.05, 0.1) is 0 Å². The van der Waals surface area contributed by atoms with Crippen LogP contribution in [0, 0.1) is 5.41 Å². The molecular formula is C19H29NO5. The number of aliphatic carboxylic acids is 2. The van der Waals surface area contributed by atoms with Crippen molar-refractivity contribution < 1.29 is 24.5 Å². The van der Waals surface area contributed by atoms with Crippen LogP contribution in [0.4, 0.5) is 0 Å². The first-order valence-electron chi connectivity index (χ1n) is 8.30. The second kappa shape index (κ2) is 7.87. The predicted octanol–water partition coefficient (Wildman–Crippen LogP) is 3.03. The minimum absolute atomic E-state index is 0.0331. The number of nitrogens with two attached hydrogens (primary N) is 1. The molecule has 6 heteroatoms. The van der Waals surface area contributed by atoms with Gasteiger partial charge in [0, 0.05) is 6.42 Å². The Labute approximate surface area is 149 Å². The zero-order valence-electron chi connectivity index (χ0n) is 15.6. The van der Waals surface area contributed by atoms with Gasteiger partial charge in [0.1, 0.15) is 11.8 Å². The second-order valence-electron chi connectivity index (χ2n) is 8.27. The molecule has 140 valence electrons. The van der Waals surface area contributed by atoms with E-state index in [0.717, 1.165) is 12.0 Å². The van der Waals surface area contributed by atoms with Crippen molar-refractivity contribution in [3.8, 4) is 5.75 Å². The summed E-state index contributed by atoms with van der Waals surface area (Å²) >= 11 is 0. The molecule has 4 N–H and O–H groups in total. The van der Waals surface area contributed by atoms with Crippen molar-refractivity contribution in [3.63, 3.8) is 0 Å². The number of hydrogen-bond acceptors (Lipinski definition) is 4. The third-order valence-electron chi connectivity index (χ3n) is 3.95. The molecule has 25 heavy (non-hydrogen) atoms. The molecule has 0 saturated heterocycles. The minimum atomic E-state index is -1.31. The van der Waals surface area contributed by atoms with Crippen molar-refractivity contribution >= 4 is 11.9 Å². The Balaban J connectivity index is 2.87. The average molecular weight is 351 g/mol.